The van der Waals surface area contributed by atoms with Crippen molar-refractivity contribution in [3.05, 3.63) is 46.3 Å². The minimum atomic E-state index is -0.374. The molecule has 0 spiro atoms. The van der Waals surface area contributed by atoms with E-state index in [0.717, 1.165) is 18.8 Å². The number of nitrogens with zero attached hydrogens (tertiary/aromatic N) is 3. The quantitative estimate of drug-likeness (QED) is 0.497. The smallest absolute Gasteiger partial charge is 0.339 e. The molecule has 0 aromatic carbocycles. The van der Waals surface area contributed by atoms with Gasteiger partial charge in [0.1, 0.15) is 5.82 Å². The molecular formula is C22H28N4O4S. The molecule has 9 heteroatoms. The number of aromatic nitrogens is 1. The molecule has 2 aromatic heterocycles. The van der Waals surface area contributed by atoms with Crippen LogP contribution < -0.4 is 10.2 Å². The summed E-state index contributed by atoms with van der Waals surface area (Å²) in [5.41, 5.74) is 0.434. The van der Waals surface area contributed by atoms with Crippen LogP contribution in [0.1, 0.15) is 46.2 Å². The molecule has 1 aliphatic heterocycles. The number of ether oxygens (including phenoxy) is 1. The van der Waals surface area contributed by atoms with Crippen molar-refractivity contribution in [2.75, 3.05) is 44.2 Å². The average molecular weight is 445 g/mol. The highest BCUT2D eigenvalue weighted by Crippen LogP contribution is 2.15. The molecule has 0 saturated carbocycles. The van der Waals surface area contributed by atoms with Crippen LogP contribution in [-0.4, -0.2) is 67.0 Å². The van der Waals surface area contributed by atoms with Crippen LogP contribution in [0.2, 0.25) is 0 Å². The molecule has 31 heavy (non-hydrogen) atoms. The van der Waals surface area contributed by atoms with Crippen molar-refractivity contribution >= 4 is 34.9 Å². The van der Waals surface area contributed by atoms with Gasteiger partial charge in [-0.1, -0.05) is 6.07 Å². The van der Waals surface area contributed by atoms with E-state index >= 15 is 0 Å². The highest BCUT2D eigenvalue weighted by molar-refractivity contribution is 7.12. The van der Waals surface area contributed by atoms with Gasteiger partial charge in [0, 0.05) is 45.3 Å². The first kappa shape index (κ1) is 22.7. The van der Waals surface area contributed by atoms with Crippen LogP contribution in [0.4, 0.5) is 5.82 Å². The van der Waals surface area contributed by atoms with Gasteiger partial charge in [-0.2, -0.15) is 0 Å². The molecule has 1 saturated heterocycles. The lowest BCUT2D eigenvalue weighted by molar-refractivity contribution is -0.131. The molecule has 1 aliphatic rings. The van der Waals surface area contributed by atoms with Crippen LogP contribution in [0.5, 0.6) is 0 Å². The van der Waals surface area contributed by atoms with Crippen molar-refractivity contribution in [1.82, 2.24) is 15.2 Å². The van der Waals surface area contributed by atoms with E-state index in [0.29, 0.717) is 56.1 Å². The lowest BCUT2D eigenvalue weighted by atomic mass is 10.2. The molecule has 1 fully saturated rings. The van der Waals surface area contributed by atoms with Gasteiger partial charge in [-0.05, 0) is 43.3 Å². The Hall–Kier alpha value is -2.94. The summed E-state index contributed by atoms with van der Waals surface area (Å²) in [5, 5.41) is 4.72. The number of carbonyl (C=O) groups excluding carboxylic acids is 3. The number of carbonyl (C=O) groups is 3. The van der Waals surface area contributed by atoms with Crippen LogP contribution in [0.15, 0.2) is 35.8 Å². The van der Waals surface area contributed by atoms with Crippen LogP contribution in [0.3, 0.4) is 0 Å². The SMILES string of the molecule is CCOC(=O)c1ccc(N2CCCN(C(=O)CCCNC(=O)c3cccs3)CC2)nc1. The number of amides is 2. The van der Waals surface area contributed by atoms with Crippen LogP contribution in [0.25, 0.3) is 0 Å². The Labute approximate surface area is 186 Å². The number of pyridine rings is 1. The molecule has 8 nitrogen and oxygen atoms in total. The summed E-state index contributed by atoms with van der Waals surface area (Å²) >= 11 is 1.40. The number of hydrogen-bond donors (Lipinski definition) is 1. The van der Waals surface area contributed by atoms with Crippen LogP contribution in [0, 0.1) is 0 Å². The Morgan fingerprint density at radius 3 is 2.74 bits per heavy atom. The summed E-state index contributed by atoms with van der Waals surface area (Å²) in [6.45, 7) is 5.40. The van der Waals surface area contributed by atoms with Crippen molar-refractivity contribution in [3.8, 4) is 0 Å². The Morgan fingerprint density at radius 1 is 1.16 bits per heavy atom. The van der Waals surface area contributed by atoms with E-state index in [9.17, 15) is 14.4 Å². The van der Waals surface area contributed by atoms with Crippen molar-refractivity contribution in [2.24, 2.45) is 0 Å². The second kappa shape index (κ2) is 11.5. The summed E-state index contributed by atoms with van der Waals surface area (Å²) in [6.07, 6.45) is 3.41. The van der Waals surface area contributed by atoms with E-state index in [2.05, 4.69) is 15.2 Å². The molecule has 0 bridgehead atoms. The van der Waals surface area contributed by atoms with Gasteiger partial charge in [-0.3, -0.25) is 9.59 Å². The summed E-state index contributed by atoms with van der Waals surface area (Å²) in [6, 6.07) is 7.17. The van der Waals surface area contributed by atoms with Gasteiger partial charge in [-0.15, -0.1) is 11.3 Å². The minimum Gasteiger partial charge on any atom is -0.462 e. The molecule has 2 aromatic rings. The Morgan fingerprint density at radius 2 is 2.03 bits per heavy atom. The zero-order valence-electron chi connectivity index (χ0n) is 17.7. The molecular weight excluding hydrogens is 416 g/mol. The third-order valence-electron chi connectivity index (χ3n) is 5.03. The van der Waals surface area contributed by atoms with Gasteiger partial charge in [-0.25, -0.2) is 9.78 Å². The van der Waals surface area contributed by atoms with Crippen LogP contribution in [-0.2, 0) is 9.53 Å². The van der Waals surface area contributed by atoms with Gasteiger partial charge < -0.3 is 19.9 Å². The van der Waals surface area contributed by atoms with Crippen LogP contribution >= 0.6 is 11.3 Å². The van der Waals surface area contributed by atoms with Gasteiger partial charge >= 0.3 is 5.97 Å². The van der Waals surface area contributed by atoms with Crippen molar-refractivity contribution in [1.29, 1.82) is 0 Å². The van der Waals surface area contributed by atoms with Gasteiger partial charge in [0.25, 0.3) is 5.91 Å². The van der Waals surface area contributed by atoms with Crippen molar-refractivity contribution in [2.45, 2.75) is 26.2 Å². The molecule has 0 unspecified atom stereocenters. The lowest BCUT2D eigenvalue weighted by Gasteiger charge is -2.23. The van der Waals surface area contributed by atoms with E-state index < -0.39 is 0 Å². The number of hydrogen-bond acceptors (Lipinski definition) is 7. The van der Waals surface area contributed by atoms with Crippen molar-refractivity contribution < 1.29 is 19.1 Å². The zero-order valence-corrected chi connectivity index (χ0v) is 18.5. The maximum absolute atomic E-state index is 12.6. The van der Waals surface area contributed by atoms with E-state index in [1.807, 2.05) is 22.4 Å². The monoisotopic (exact) mass is 444 g/mol. The molecule has 1 N–H and O–H groups in total. The molecule has 0 aliphatic carbocycles. The fraction of sp³-hybridized carbons (Fsp3) is 0.455. The largest absolute Gasteiger partial charge is 0.462 e. The fourth-order valence-corrected chi connectivity index (χ4v) is 4.04. The Balaban J connectivity index is 1.42. The maximum atomic E-state index is 12.6. The number of esters is 1. The first-order chi connectivity index (χ1) is 15.1. The van der Waals surface area contributed by atoms with E-state index in [1.54, 1.807) is 19.1 Å². The molecule has 3 heterocycles. The highest BCUT2D eigenvalue weighted by atomic mass is 32.1. The average Bonchev–Trinajstić information content (AvgIpc) is 3.21. The number of thiophene rings is 1. The molecule has 2 amide bonds. The Kier molecular flexibility index (Phi) is 8.40. The van der Waals surface area contributed by atoms with E-state index in [4.69, 9.17) is 4.74 Å². The normalized spacial score (nSPS) is 14.1. The van der Waals surface area contributed by atoms with Gasteiger partial charge in [0.2, 0.25) is 5.91 Å². The Bertz CT molecular complexity index is 870. The number of anilines is 1. The standard InChI is InChI=1S/C22H28N4O4S/c1-2-30-22(29)17-8-9-19(24-16-17)25-11-5-12-26(14-13-25)20(27)7-3-10-23-21(28)18-6-4-15-31-18/h4,6,8-9,15-16H,2-3,5,7,10-14H2,1H3,(H,23,28). The first-order valence-electron chi connectivity index (χ1n) is 10.6. The van der Waals surface area contributed by atoms with E-state index in [-0.39, 0.29) is 17.8 Å². The third-order valence-corrected chi connectivity index (χ3v) is 5.90. The topological polar surface area (TPSA) is 91.8 Å². The van der Waals surface area contributed by atoms with Crippen molar-refractivity contribution in [3.63, 3.8) is 0 Å². The summed E-state index contributed by atoms with van der Waals surface area (Å²) in [5.74, 6) is 0.437. The summed E-state index contributed by atoms with van der Waals surface area (Å²) in [4.78, 5) is 45.4. The summed E-state index contributed by atoms with van der Waals surface area (Å²) < 4.78 is 4.99. The predicted molar refractivity (Wildman–Crippen MR) is 119 cm³/mol. The zero-order chi connectivity index (χ0) is 22.1. The highest BCUT2D eigenvalue weighted by Gasteiger charge is 2.20. The fourth-order valence-electron chi connectivity index (χ4n) is 3.40. The van der Waals surface area contributed by atoms with Gasteiger partial charge in [0.05, 0.1) is 17.0 Å². The second-order valence-corrected chi connectivity index (χ2v) is 8.13. The summed E-state index contributed by atoms with van der Waals surface area (Å²) in [7, 11) is 0. The van der Waals surface area contributed by atoms with E-state index in [1.165, 1.54) is 17.5 Å². The lowest BCUT2D eigenvalue weighted by Crippen LogP contribution is -2.35. The predicted octanol–water partition coefficient (Wildman–Crippen LogP) is 2.57. The molecule has 0 radical (unpaired) electrons. The minimum absolute atomic E-state index is 0.0886. The molecule has 0 atom stereocenters. The van der Waals surface area contributed by atoms with Gasteiger partial charge in [0.15, 0.2) is 0 Å². The number of nitrogens with one attached hydrogen (secondary N) is 1. The third kappa shape index (κ3) is 6.52. The number of rotatable bonds is 8. The first-order valence-corrected chi connectivity index (χ1v) is 11.4. The maximum Gasteiger partial charge on any atom is 0.339 e. The molecule has 3 rings (SSSR count). The second-order valence-electron chi connectivity index (χ2n) is 7.18. The molecule has 166 valence electrons.